The molecule has 1 aliphatic rings. The quantitative estimate of drug-likeness (QED) is 0.660. The lowest BCUT2D eigenvalue weighted by atomic mass is 9.91. The van der Waals surface area contributed by atoms with Crippen LogP contribution in [0.2, 0.25) is 0 Å². The molecule has 1 heterocycles. The van der Waals surface area contributed by atoms with E-state index >= 15 is 0 Å². The van der Waals surface area contributed by atoms with Crippen LogP contribution in [0.4, 0.5) is 0 Å². The molecule has 1 fully saturated rings. The lowest BCUT2D eigenvalue weighted by Gasteiger charge is -2.25. The third-order valence-corrected chi connectivity index (χ3v) is 4.33. The van der Waals surface area contributed by atoms with Crippen LogP contribution in [0.15, 0.2) is 30.3 Å². The van der Waals surface area contributed by atoms with Crippen LogP contribution in [0.3, 0.4) is 0 Å². The van der Waals surface area contributed by atoms with Crippen molar-refractivity contribution < 1.29 is 14.3 Å². The zero-order valence-electron chi connectivity index (χ0n) is 14.5. The van der Waals surface area contributed by atoms with Crippen LogP contribution in [0.1, 0.15) is 24.9 Å². The lowest BCUT2D eigenvalue weighted by molar-refractivity contribution is -0.132. The molecule has 0 aromatic heterocycles. The van der Waals surface area contributed by atoms with Gasteiger partial charge in [-0.15, -0.1) is 0 Å². The van der Waals surface area contributed by atoms with Gasteiger partial charge in [-0.2, -0.15) is 0 Å². The molecule has 24 heavy (non-hydrogen) atoms. The van der Waals surface area contributed by atoms with E-state index in [0.717, 1.165) is 18.5 Å². The Morgan fingerprint density at radius 1 is 1.33 bits per heavy atom. The van der Waals surface area contributed by atoms with Gasteiger partial charge in [0.25, 0.3) is 0 Å². The van der Waals surface area contributed by atoms with Crippen molar-refractivity contribution in [1.29, 1.82) is 0 Å². The van der Waals surface area contributed by atoms with Crippen molar-refractivity contribution in [3.63, 3.8) is 0 Å². The van der Waals surface area contributed by atoms with E-state index in [4.69, 9.17) is 4.74 Å². The zero-order valence-corrected chi connectivity index (χ0v) is 14.5. The van der Waals surface area contributed by atoms with Crippen LogP contribution in [0.5, 0.6) is 0 Å². The van der Waals surface area contributed by atoms with E-state index in [9.17, 15) is 9.59 Å². The van der Waals surface area contributed by atoms with E-state index in [-0.39, 0.29) is 23.8 Å². The van der Waals surface area contributed by atoms with E-state index in [0.29, 0.717) is 26.2 Å². The highest BCUT2D eigenvalue weighted by Gasteiger charge is 2.37. The van der Waals surface area contributed by atoms with Gasteiger partial charge in [0.2, 0.25) is 11.8 Å². The van der Waals surface area contributed by atoms with Crippen LogP contribution in [0, 0.1) is 5.92 Å². The number of hydrogen-bond donors (Lipinski definition) is 2. The van der Waals surface area contributed by atoms with Gasteiger partial charge in [0.15, 0.2) is 0 Å². The van der Waals surface area contributed by atoms with Crippen LogP contribution >= 0.6 is 0 Å². The number of methoxy groups -OCH3 is 1. The van der Waals surface area contributed by atoms with E-state index in [2.05, 4.69) is 22.8 Å². The highest BCUT2D eigenvalue weighted by Crippen LogP contribution is 2.31. The van der Waals surface area contributed by atoms with Crippen molar-refractivity contribution in [2.24, 2.45) is 5.92 Å². The predicted octanol–water partition coefficient (Wildman–Crippen LogP) is 0.948. The number of rotatable bonds is 9. The number of benzene rings is 1. The maximum absolute atomic E-state index is 12.8. The van der Waals surface area contributed by atoms with Crippen molar-refractivity contribution in [3.05, 3.63) is 35.9 Å². The lowest BCUT2D eigenvalue weighted by Crippen LogP contribution is -2.39. The van der Waals surface area contributed by atoms with Gasteiger partial charge in [0, 0.05) is 46.3 Å². The Labute approximate surface area is 143 Å². The molecular weight excluding hydrogens is 306 g/mol. The summed E-state index contributed by atoms with van der Waals surface area (Å²) in [5, 5.41) is 6.21. The van der Waals surface area contributed by atoms with Gasteiger partial charge in [0.05, 0.1) is 12.5 Å². The largest absolute Gasteiger partial charge is 0.383 e. The first-order valence-electron chi connectivity index (χ1n) is 8.44. The molecule has 1 aromatic rings. The second kappa shape index (κ2) is 9.39. The molecule has 1 aromatic carbocycles. The molecule has 0 aliphatic carbocycles. The Bertz CT molecular complexity index is 536. The van der Waals surface area contributed by atoms with Crippen molar-refractivity contribution in [1.82, 2.24) is 15.5 Å². The highest BCUT2D eigenvalue weighted by molar-refractivity contribution is 5.82. The minimum Gasteiger partial charge on any atom is -0.383 e. The summed E-state index contributed by atoms with van der Waals surface area (Å²) >= 11 is 0. The fourth-order valence-electron chi connectivity index (χ4n) is 3.13. The molecule has 0 unspecified atom stereocenters. The molecule has 2 atom stereocenters. The number of ether oxygens (including phenoxy) is 1. The van der Waals surface area contributed by atoms with Crippen LogP contribution in [0.25, 0.3) is 0 Å². The summed E-state index contributed by atoms with van der Waals surface area (Å²) < 4.78 is 5.12. The van der Waals surface area contributed by atoms with Crippen molar-refractivity contribution in [2.75, 3.05) is 39.9 Å². The van der Waals surface area contributed by atoms with E-state index in [1.807, 2.05) is 23.1 Å². The summed E-state index contributed by atoms with van der Waals surface area (Å²) in [6.45, 7) is 4.59. The first-order valence-corrected chi connectivity index (χ1v) is 8.44. The average molecular weight is 333 g/mol. The van der Waals surface area contributed by atoms with Gasteiger partial charge in [-0.25, -0.2) is 0 Å². The molecule has 0 spiro atoms. The van der Waals surface area contributed by atoms with Crippen LogP contribution < -0.4 is 10.6 Å². The fraction of sp³-hybridized carbons (Fsp3) is 0.556. The highest BCUT2D eigenvalue weighted by atomic mass is 16.5. The van der Waals surface area contributed by atoms with Crippen molar-refractivity contribution in [3.8, 4) is 0 Å². The number of likely N-dealkylation sites (tertiary alicyclic amines) is 1. The Morgan fingerprint density at radius 2 is 2.08 bits per heavy atom. The number of carbonyl (C=O) groups excluding carboxylic acids is 2. The SMILES string of the molecule is COCCN[C@@H](c1ccccc1)[C@H]1CCN(CCNC(C)=O)C1=O. The molecule has 6 heteroatoms. The molecule has 132 valence electrons. The van der Waals surface area contributed by atoms with E-state index < -0.39 is 0 Å². The first kappa shape index (κ1) is 18.4. The fourth-order valence-corrected chi connectivity index (χ4v) is 3.13. The molecule has 0 radical (unpaired) electrons. The number of nitrogens with zero attached hydrogens (tertiary/aromatic N) is 1. The summed E-state index contributed by atoms with van der Waals surface area (Å²) in [6, 6.07) is 10.1. The monoisotopic (exact) mass is 333 g/mol. The first-order chi connectivity index (χ1) is 11.6. The van der Waals surface area contributed by atoms with Gasteiger partial charge in [-0.3, -0.25) is 9.59 Å². The second-order valence-corrected chi connectivity index (χ2v) is 6.04. The van der Waals surface area contributed by atoms with Gasteiger partial charge < -0.3 is 20.3 Å². The topological polar surface area (TPSA) is 70.7 Å². The summed E-state index contributed by atoms with van der Waals surface area (Å²) in [5.74, 6) is 0.00213. The molecule has 1 saturated heterocycles. The van der Waals surface area contributed by atoms with Crippen LogP contribution in [-0.2, 0) is 14.3 Å². The number of amides is 2. The molecule has 2 N–H and O–H groups in total. The molecule has 6 nitrogen and oxygen atoms in total. The minimum absolute atomic E-state index is 0.0142. The standard InChI is InChI=1S/C18H27N3O3/c1-14(22)19-9-12-21-11-8-16(18(21)23)17(20-10-13-24-2)15-6-4-3-5-7-15/h3-7,16-17,20H,8-13H2,1-2H3,(H,19,22)/t16-,17+/m1/s1. The molecule has 2 rings (SSSR count). The Balaban J connectivity index is 2.01. The van der Waals surface area contributed by atoms with Gasteiger partial charge in [0.1, 0.15) is 0 Å². The van der Waals surface area contributed by atoms with E-state index in [1.54, 1.807) is 7.11 Å². The zero-order chi connectivity index (χ0) is 17.4. The summed E-state index contributed by atoms with van der Waals surface area (Å²) in [7, 11) is 1.67. The Morgan fingerprint density at radius 3 is 2.75 bits per heavy atom. The Kier molecular flexibility index (Phi) is 7.21. The van der Waals surface area contributed by atoms with Gasteiger partial charge >= 0.3 is 0 Å². The maximum Gasteiger partial charge on any atom is 0.227 e. The third-order valence-electron chi connectivity index (χ3n) is 4.33. The smallest absolute Gasteiger partial charge is 0.227 e. The average Bonchev–Trinajstić information content (AvgIpc) is 2.93. The predicted molar refractivity (Wildman–Crippen MR) is 92.4 cm³/mol. The number of carbonyl (C=O) groups is 2. The number of hydrogen-bond acceptors (Lipinski definition) is 4. The summed E-state index contributed by atoms with van der Waals surface area (Å²) in [6.07, 6.45) is 0.818. The van der Waals surface area contributed by atoms with Crippen molar-refractivity contribution >= 4 is 11.8 Å². The molecule has 1 aliphatic heterocycles. The normalized spacial score (nSPS) is 18.7. The van der Waals surface area contributed by atoms with E-state index in [1.165, 1.54) is 6.92 Å². The molecular formula is C18H27N3O3. The third kappa shape index (κ3) is 5.04. The Hall–Kier alpha value is -1.92. The number of nitrogens with one attached hydrogen (secondary N) is 2. The minimum atomic E-state index is -0.0819. The molecule has 0 bridgehead atoms. The van der Waals surface area contributed by atoms with Gasteiger partial charge in [-0.05, 0) is 12.0 Å². The second-order valence-electron chi connectivity index (χ2n) is 6.04. The molecule has 0 saturated carbocycles. The van der Waals surface area contributed by atoms with Crippen LogP contribution in [-0.4, -0.2) is 56.6 Å². The molecule has 2 amide bonds. The van der Waals surface area contributed by atoms with Gasteiger partial charge in [-0.1, -0.05) is 30.3 Å². The summed E-state index contributed by atoms with van der Waals surface area (Å²) in [4.78, 5) is 25.6. The maximum atomic E-state index is 12.8. The summed E-state index contributed by atoms with van der Waals surface area (Å²) in [5.41, 5.74) is 1.12. The van der Waals surface area contributed by atoms with Crippen molar-refractivity contribution in [2.45, 2.75) is 19.4 Å².